The summed E-state index contributed by atoms with van der Waals surface area (Å²) in [5.74, 6) is 0.937. The van der Waals surface area contributed by atoms with Gasteiger partial charge in [-0.3, -0.25) is 4.99 Å². The molecule has 0 heterocycles. The standard InChI is InChI=1S/C13H29N3O2S2/c1-7-14-12(15-10-13(3,4)19-5)16-11(2)8-9-20(6,17)18/h11H,7-10H2,1-6H3,(H2,14,15,16). The first kappa shape index (κ1) is 19.6. The van der Waals surface area contributed by atoms with Crippen molar-refractivity contribution in [3.05, 3.63) is 0 Å². The molecule has 0 spiro atoms. The van der Waals surface area contributed by atoms with Crippen molar-refractivity contribution in [1.29, 1.82) is 0 Å². The van der Waals surface area contributed by atoms with Crippen LogP contribution in [0.5, 0.6) is 0 Å². The molecular formula is C13H29N3O2S2. The van der Waals surface area contributed by atoms with Crippen molar-refractivity contribution in [2.75, 3.05) is 31.4 Å². The van der Waals surface area contributed by atoms with Gasteiger partial charge in [-0.1, -0.05) is 0 Å². The van der Waals surface area contributed by atoms with Crippen LogP contribution in [0.1, 0.15) is 34.1 Å². The van der Waals surface area contributed by atoms with Crippen LogP contribution in [0.2, 0.25) is 0 Å². The van der Waals surface area contributed by atoms with Crippen molar-refractivity contribution in [3.8, 4) is 0 Å². The zero-order valence-electron chi connectivity index (χ0n) is 13.5. The number of hydrogen-bond donors (Lipinski definition) is 2. The van der Waals surface area contributed by atoms with Crippen LogP contribution < -0.4 is 10.6 Å². The van der Waals surface area contributed by atoms with Crippen molar-refractivity contribution in [1.82, 2.24) is 10.6 Å². The van der Waals surface area contributed by atoms with Gasteiger partial charge in [0.05, 0.1) is 12.3 Å². The number of nitrogens with one attached hydrogen (secondary N) is 2. The fourth-order valence-corrected chi connectivity index (χ4v) is 2.33. The molecule has 20 heavy (non-hydrogen) atoms. The van der Waals surface area contributed by atoms with Crippen LogP contribution in [0.15, 0.2) is 4.99 Å². The second-order valence-electron chi connectivity index (χ2n) is 5.62. The van der Waals surface area contributed by atoms with Gasteiger partial charge in [-0.25, -0.2) is 8.42 Å². The molecule has 120 valence electrons. The predicted molar refractivity (Wildman–Crippen MR) is 90.5 cm³/mol. The highest BCUT2D eigenvalue weighted by atomic mass is 32.2. The van der Waals surface area contributed by atoms with E-state index in [4.69, 9.17) is 0 Å². The number of guanidine groups is 1. The number of rotatable bonds is 8. The van der Waals surface area contributed by atoms with Crippen molar-refractivity contribution < 1.29 is 8.42 Å². The van der Waals surface area contributed by atoms with Crippen molar-refractivity contribution in [3.63, 3.8) is 0 Å². The Balaban J connectivity index is 4.49. The molecule has 0 saturated heterocycles. The molecule has 0 radical (unpaired) electrons. The van der Waals surface area contributed by atoms with Crippen LogP contribution in [0.25, 0.3) is 0 Å². The highest BCUT2D eigenvalue weighted by molar-refractivity contribution is 7.99. The first-order chi connectivity index (χ1) is 9.09. The summed E-state index contributed by atoms with van der Waals surface area (Å²) in [6, 6.07) is 0.0694. The van der Waals surface area contributed by atoms with E-state index >= 15 is 0 Å². The quantitative estimate of drug-likeness (QED) is 0.523. The van der Waals surface area contributed by atoms with Gasteiger partial charge in [-0.2, -0.15) is 11.8 Å². The van der Waals surface area contributed by atoms with Gasteiger partial charge in [0.15, 0.2) is 5.96 Å². The molecule has 0 fully saturated rings. The van der Waals surface area contributed by atoms with Crippen molar-refractivity contribution >= 4 is 27.6 Å². The maximum atomic E-state index is 11.2. The third-order valence-corrected chi connectivity index (χ3v) is 5.03. The summed E-state index contributed by atoms with van der Waals surface area (Å²) in [6.45, 7) is 9.78. The van der Waals surface area contributed by atoms with E-state index in [1.54, 1.807) is 11.8 Å². The Bertz CT molecular complexity index is 406. The maximum absolute atomic E-state index is 11.2. The van der Waals surface area contributed by atoms with E-state index in [2.05, 4.69) is 35.7 Å². The number of nitrogens with zero attached hydrogens (tertiary/aromatic N) is 1. The van der Waals surface area contributed by atoms with Gasteiger partial charge in [-0.15, -0.1) is 0 Å². The average molecular weight is 324 g/mol. The minimum Gasteiger partial charge on any atom is -0.357 e. The molecule has 0 amide bonds. The SMILES string of the molecule is CCNC(=NCC(C)(C)SC)NC(C)CCS(C)(=O)=O. The zero-order chi connectivity index (χ0) is 15.8. The first-order valence-electron chi connectivity index (χ1n) is 6.87. The second-order valence-corrected chi connectivity index (χ2v) is 9.40. The topological polar surface area (TPSA) is 70.6 Å². The van der Waals surface area contributed by atoms with Gasteiger partial charge in [0, 0.05) is 23.6 Å². The Hall–Kier alpha value is -0.430. The van der Waals surface area contributed by atoms with Crippen LogP contribution in [-0.4, -0.2) is 56.5 Å². The van der Waals surface area contributed by atoms with Gasteiger partial charge in [-0.05, 0) is 40.4 Å². The molecule has 0 aromatic carbocycles. The summed E-state index contributed by atoms with van der Waals surface area (Å²) in [5.41, 5.74) is 0. The number of hydrogen-bond acceptors (Lipinski definition) is 4. The molecule has 1 atom stereocenters. The molecule has 0 aromatic heterocycles. The van der Waals surface area contributed by atoms with Crippen LogP contribution in [0, 0.1) is 0 Å². The minimum atomic E-state index is -2.91. The zero-order valence-corrected chi connectivity index (χ0v) is 15.1. The van der Waals surface area contributed by atoms with Crippen LogP contribution in [-0.2, 0) is 9.84 Å². The Labute approximate surface area is 128 Å². The van der Waals surface area contributed by atoms with Gasteiger partial charge in [0.2, 0.25) is 0 Å². The predicted octanol–water partition coefficient (Wildman–Crippen LogP) is 1.51. The van der Waals surface area contributed by atoms with Crippen molar-refractivity contribution in [2.24, 2.45) is 4.99 Å². The van der Waals surface area contributed by atoms with Crippen LogP contribution >= 0.6 is 11.8 Å². The molecule has 5 nitrogen and oxygen atoms in total. The third-order valence-electron chi connectivity index (χ3n) is 2.82. The van der Waals surface area contributed by atoms with E-state index in [0.29, 0.717) is 13.0 Å². The lowest BCUT2D eigenvalue weighted by Gasteiger charge is -2.22. The van der Waals surface area contributed by atoms with E-state index in [1.807, 2.05) is 13.8 Å². The molecular weight excluding hydrogens is 294 g/mol. The largest absolute Gasteiger partial charge is 0.357 e. The highest BCUT2D eigenvalue weighted by Gasteiger charge is 2.16. The molecule has 1 unspecified atom stereocenters. The van der Waals surface area contributed by atoms with E-state index in [0.717, 1.165) is 12.5 Å². The van der Waals surface area contributed by atoms with Gasteiger partial charge < -0.3 is 10.6 Å². The third kappa shape index (κ3) is 10.4. The maximum Gasteiger partial charge on any atom is 0.191 e. The second kappa shape index (κ2) is 8.77. The normalized spacial score (nSPS) is 15.0. The van der Waals surface area contributed by atoms with Gasteiger partial charge in [0.25, 0.3) is 0 Å². The van der Waals surface area contributed by atoms with E-state index in [1.165, 1.54) is 6.26 Å². The van der Waals surface area contributed by atoms with Crippen LogP contribution in [0.4, 0.5) is 0 Å². The lowest BCUT2D eigenvalue weighted by molar-refractivity contribution is 0.580. The summed E-state index contributed by atoms with van der Waals surface area (Å²) in [4.78, 5) is 4.56. The first-order valence-corrected chi connectivity index (χ1v) is 10.2. The van der Waals surface area contributed by atoms with Crippen LogP contribution in [0.3, 0.4) is 0 Å². The molecule has 0 aliphatic carbocycles. The Kier molecular flexibility index (Phi) is 8.58. The van der Waals surface area contributed by atoms with E-state index < -0.39 is 9.84 Å². The Morgan fingerprint density at radius 3 is 2.45 bits per heavy atom. The average Bonchev–Trinajstić information content (AvgIpc) is 2.33. The summed E-state index contributed by atoms with van der Waals surface area (Å²) in [5, 5.41) is 6.44. The molecule has 2 N–H and O–H groups in total. The molecule has 0 aromatic rings. The molecule has 0 aliphatic heterocycles. The molecule has 0 bridgehead atoms. The monoisotopic (exact) mass is 323 g/mol. The van der Waals surface area contributed by atoms with E-state index in [-0.39, 0.29) is 16.5 Å². The number of thioether (sulfide) groups is 1. The summed E-state index contributed by atoms with van der Waals surface area (Å²) in [7, 11) is -2.91. The Morgan fingerprint density at radius 2 is 2.00 bits per heavy atom. The fraction of sp³-hybridized carbons (Fsp3) is 0.923. The van der Waals surface area contributed by atoms with Gasteiger partial charge >= 0.3 is 0 Å². The fourth-order valence-electron chi connectivity index (χ4n) is 1.35. The van der Waals surface area contributed by atoms with E-state index in [9.17, 15) is 8.42 Å². The highest BCUT2D eigenvalue weighted by Crippen LogP contribution is 2.20. The van der Waals surface area contributed by atoms with Crippen molar-refractivity contribution in [2.45, 2.75) is 44.9 Å². The summed E-state index contributed by atoms with van der Waals surface area (Å²) >= 11 is 1.78. The summed E-state index contributed by atoms with van der Waals surface area (Å²) < 4.78 is 22.4. The Morgan fingerprint density at radius 1 is 1.40 bits per heavy atom. The molecule has 0 rings (SSSR count). The summed E-state index contributed by atoms with van der Waals surface area (Å²) in [6.07, 6.45) is 3.92. The lowest BCUT2D eigenvalue weighted by Crippen LogP contribution is -2.43. The number of sulfone groups is 1. The molecule has 0 saturated carbocycles. The van der Waals surface area contributed by atoms with Gasteiger partial charge in [0.1, 0.15) is 9.84 Å². The lowest BCUT2D eigenvalue weighted by atomic mass is 10.2. The molecule has 0 aliphatic rings. The number of aliphatic imine (C=N–C) groups is 1. The minimum absolute atomic E-state index is 0.0694. The molecule has 7 heteroatoms. The smallest absolute Gasteiger partial charge is 0.191 e.